The summed E-state index contributed by atoms with van der Waals surface area (Å²) in [6, 6.07) is 4.16. The maximum absolute atomic E-state index is 12.1. The van der Waals surface area contributed by atoms with E-state index in [9.17, 15) is 21.6 Å². The first-order valence-electron chi connectivity index (χ1n) is 3.67. The van der Waals surface area contributed by atoms with E-state index in [2.05, 4.69) is 5.92 Å². The molecule has 0 saturated heterocycles. The molecule has 0 unspecified atom stereocenters. The van der Waals surface area contributed by atoms with Crippen molar-refractivity contribution in [2.24, 2.45) is 0 Å². The Kier molecular flexibility index (Phi) is 2.77. The van der Waals surface area contributed by atoms with E-state index < -0.39 is 20.2 Å². The van der Waals surface area contributed by atoms with Gasteiger partial charge in [-0.2, -0.15) is 13.2 Å². The minimum absolute atomic E-state index is 0.0836. The molecular formula is C9H5F3O2S. The molecule has 0 amide bonds. The quantitative estimate of drug-likeness (QED) is 0.696. The highest BCUT2D eigenvalue weighted by Crippen LogP contribution is 2.30. The first kappa shape index (κ1) is 11.6. The Morgan fingerprint density at radius 2 is 1.87 bits per heavy atom. The van der Waals surface area contributed by atoms with Crippen LogP contribution in [-0.2, 0) is 9.84 Å². The number of sulfone groups is 1. The second kappa shape index (κ2) is 3.59. The van der Waals surface area contributed by atoms with Crippen molar-refractivity contribution < 1.29 is 21.6 Å². The lowest BCUT2D eigenvalue weighted by Gasteiger charge is -2.07. The van der Waals surface area contributed by atoms with Crippen LogP contribution in [0.5, 0.6) is 0 Å². The lowest BCUT2D eigenvalue weighted by atomic mass is 10.2. The molecule has 0 radical (unpaired) electrons. The van der Waals surface area contributed by atoms with Crippen molar-refractivity contribution in [1.82, 2.24) is 0 Å². The smallest absolute Gasteiger partial charge is 0.214 e. The minimum Gasteiger partial charge on any atom is -0.214 e. The van der Waals surface area contributed by atoms with Crippen LogP contribution in [0, 0.1) is 12.3 Å². The van der Waals surface area contributed by atoms with Crippen molar-refractivity contribution in [2.45, 2.75) is 10.4 Å². The molecule has 80 valence electrons. The first-order valence-corrected chi connectivity index (χ1v) is 5.15. The van der Waals surface area contributed by atoms with E-state index in [4.69, 9.17) is 6.42 Å². The maximum Gasteiger partial charge on any atom is 0.501 e. The molecule has 0 atom stereocenters. The maximum atomic E-state index is 12.1. The van der Waals surface area contributed by atoms with Crippen molar-refractivity contribution in [3.05, 3.63) is 29.8 Å². The molecule has 0 fully saturated rings. The standard InChI is InChI=1S/C9H5F3O2S/c1-2-7-4-3-5-8(6-7)15(13,14)9(10,11)12/h1,3-6H. The monoisotopic (exact) mass is 234 g/mol. The van der Waals surface area contributed by atoms with Gasteiger partial charge in [-0.25, -0.2) is 8.42 Å². The lowest BCUT2D eigenvalue weighted by Crippen LogP contribution is -2.23. The van der Waals surface area contributed by atoms with Crippen LogP contribution in [0.4, 0.5) is 13.2 Å². The van der Waals surface area contributed by atoms with Gasteiger partial charge in [-0.3, -0.25) is 0 Å². The lowest BCUT2D eigenvalue weighted by molar-refractivity contribution is -0.0436. The summed E-state index contributed by atoms with van der Waals surface area (Å²) in [5.74, 6) is 2.06. The zero-order valence-electron chi connectivity index (χ0n) is 7.25. The molecule has 2 nitrogen and oxygen atoms in total. The zero-order chi connectivity index (χ0) is 11.7. The molecule has 0 bridgehead atoms. The number of benzene rings is 1. The molecule has 0 N–H and O–H groups in total. The van der Waals surface area contributed by atoms with Crippen LogP contribution < -0.4 is 0 Å². The topological polar surface area (TPSA) is 34.1 Å². The summed E-state index contributed by atoms with van der Waals surface area (Å²) in [4.78, 5) is -0.842. The summed E-state index contributed by atoms with van der Waals surface area (Å²) in [5.41, 5.74) is -5.22. The number of halogens is 3. The molecule has 0 aliphatic heterocycles. The molecule has 1 aromatic carbocycles. The van der Waals surface area contributed by atoms with Gasteiger partial charge in [-0.05, 0) is 18.2 Å². The number of rotatable bonds is 1. The first-order chi connectivity index (χ1) is 6.79. The summed E-state index contributed by atoms with van der Waals surface area (Å²) < 4.78 is 58.2. The highest BCUT2D eigenvalue weighted by Gasteiger charge is 2.46. The fourth-order valence-electron chi connectivity index (χ4n) is 0.887. The van der Waals surface area contributed by atoms with Crippen molar-refractivity contribution in [1.29, 1.82) is 0 Å². The minimum atomic E-state index is -5.31. The van der Waals surface area contributed by atoms with E-state index in [0.717, 1.165) is 18.2 Å². The van der Waals surface area contributed by atoms with E-state index >= 15 is 0 Å². The fraction of sp³-hybridized carbons (Fsp3) is 0.111. The van der Waals surface area contributed by atoms with Crippen molar-refractivity contribution in [3.63, 3.8) is 0 Å². The molecule has 6 heteroatoms. The van der Waals surface area contributed by atoms with Crippen LogP contribution >= 0.6 is 0 Å². The SMILES string of the molecule is C#Cc1cccc(S(=O)(=O)C(F)(F)F)c1. The van der Waals surface area contributed by atoms with Gasteiger partial charge >= 0.3 is 5.51 Å². The number of hydrogen-bond donors (Lipinski definition) is 0. The Balaban J connectivity index is 3.37. The van der Waals surface area contributed by atoms with Gasteiger partial charge in [0.15, 0.2) is 0 Å². The molecule has 15 heavy (non-hydrogen) atoms. The zero-order valence-corrected chi connectivity index (χ0v) is 8.06. The van der Waals surface area contributed by atoms with Gasteiger partial charge in [-0.1, -0.05) is 12.0 Å². The van der Waals surface area contributed by atoms with Gasteiger partial charge in [0.1, 0.15) is 0 Å². The second-order valence-corrected chi connectivity index (χ2v) is 4.56. The van der Waals surface area contributed by atoms with E-state index in [1.165, 1.54) is 6.07 Å². The van der Waals surface area contributed by atoms with Crippen molar-refractivity contribution >= 4 is 9.84 Å². The Bertz CT molecular complexity index is 509. The molecule has 1 rings (SSSR count). The summed E-state index contributed by atoms with van der Waals surface area (Å²) >= 11 is 0. The van der Waals surface area contributed by atoms with E-state index in [0.29, 0.717) is 0 Å². The largest absolute Gasteiger partial charge is 0.501 e. The van der Waals surface area contributed by atoms with Gasteiger partial charge in [0.2, 0.25) is 0 Å². The van der Waals surface area contributed by atoms with Crippen LogP contribution in [0.25, 0.3) is 0 Å². The van der Waals surface area contributed by atoms with Crippen LogP contribution in [0.2, 0.25) is 0 Å². The average Bonchev–Trinajstić information content (AvgIpc) is 2.16. The Labute approximate surface area is 84.6 Å². The number of hydrogen-bond acceptors (Lipinski definition) is 2. The van der Waals surface area contributed by atoms with Gasteiger partial charge in [0, 0.05) is 5.56 Å². The predicted molar refractivity (Wildman–Crippen MR) is 47.6 cm³/mol. The molecule has 0 saturated carbocycles. The molecule has 0 aliphatic carbocycles. The molecule has 0 spiro atoms. The van der Waals surface area contributed by atoms with Gasteiger partial charge < -0.3 is 0 Å². The molecule has 0 aliphatic rings. The van der Waals surface area contributed by atoms with Crippen LogP contribution in [0.1, 0.15) is 5.56 Å². The van der Waals surface area contributed by atoms with Gasteiger partial charge in [0.25, 0.3) is 9.84 Å². The molecule has 0 aromatic heterocycles. The molecule has 0 heterocycles. The Morgan fingerprint density at radius 1 is 1.27 bits per heavy atom. The van der Waals surface area contributed by atoms with Crippen LogP contribution in [0.3, 0.4) is 0 Å². The predicted octanol–water partition coefficient (Wildman–Crippen LogP) is 1.96. The Hall–Kier alpha value is -1.48. The normalized spacial score (nSPS) is 12.1. The summed E-state index contributed by atoms with van der Waals surface area (Å²) in [6.45, 7) is 0. The third kappa shape index (κ3) is 2.13. The Morgan fingerprint density at radius 3 is 2.33 bits per heavy atom. The molecule has 1 aromatic rings. The number of alkyl halides is 3. The third-order valence-electron chi connectivity index (χ3n) is 1.62. The highest BCUT2D eigenvalue weighted by molar-refractivity contribution is 7.92. The second-order valence-electron chi connectivity index (χ2n) is 2.62. The van der Waals surface area contributed by atoms with Crippen molar-refractivity contribution in [3.8, 4) is 12.3 Å². The summed E-state index contributed by atoms with van der Waals surface area (Å²) in [6.07, 6.45) is 4.94. The summed E-state index contributed by atoms with van der Waals surface area (Å²) in [7, 11) is -5.30. The van der Waals surface area contributed by atoms with Crippen molar-refractivity contribution in [2.75, 3.05) is 0 Å². The van der Waals surface area contributed by atoms with E-state index in [1.54, 1.807) is 0 Å². The average molecular weight is 234 g/mol. The van der Waals surface area contributed by atoms with Crippen LogP contribution in [-0.4, -0.2) is 13.9 Å². The highest BCUT2D eigenvalue weighted by atomic mass is 32.2. The third-order valence-corrected chi connectivity index (χ3v) is 3.10. The van der Waals surface area contributed by atoms with E-state index in [-0.39, 0.29) is 5.56 Å². The van der Waals surface area contributed by atoms with Gasteiger partial charge in [0.05, 0.1) is 4.90 Å². The number of terminal acetylenes is 1. The van der Waals surface area contributed by atoms with Gasteiger partial charge in [-0.15, -0.1) is 6.42 Å². The summed E-state index contributed by atoms with van der Waals surface area (Å²) in [5, 5.41) is 0. The van der Waals surface area contributed by atoms with Crippen LogP contribution in [0.15, 0.2) is 29.2 Å². The molecular weight excluding hydrogens is 229 g/mol. The fourth-order valence-corrected chi connectivity index (χ4v) is 1.69. The van der Waals surface area contributed by atoms with E-state index in [1.807, 2.05) is 0 Å².